The zero-order valence-electron chi connectivity index (χ0n) is 21.3. The molecule has 7 atom stereocenters. The van der Waals surface area contributed by atoms with Gasteiger partial charge in [0.2, 0.25) is 0 Å². The van der Waals surface area contributed by atoms with Crippen LogP contribution in [0.1, 0.15) is 106 Å². The van der Waals surface area contributed by atoms with Crippen LogP contribution < -0.4 is 0 Å². The zero-order chi connectivity index (χ0) is 25.4. The van der Waals surface area contributed by atoms with Crippen molar-refractivity contribution in [1.29, 1.82) is 0 Å². The summed E-state index contributed by atoms with van der Waals surface area (Å²) in [5.41, 5.74) is -1.40. The molecule has 188 valence electrons. The van der Waals surface area contributed by atoms with Crippen molar-refractivity contribution in [2.45, 2.75) is 85.2 Å². The van der Waals surface area contributed by atoms with Crippen LogP contribution in [0.4, 0.5) is 0 Å². The fourth-order valence-corrected chi connectivity index (χ4v) is 8.48. The van der Waals surface area contributed by atoms with E-state index in [-0.39, 0.29) is 51.2 Å². The molecule has 1 aromatic rings. The van der Waals surface area contributed by atoms with Gasteiger partial charge >= 0.3 is 0 Å². The maximum atomic E-state index is 11.7. The molecule has 1 aromatic carbocycles. The number of fused-ring (bicyclic) bond motifs is 3. The summed E-state index contributed by atoms with van der Waals surface area (Å²) >= 11 is 0. The molecule has 0 bridgehead atoms. The van der Waals surface area contributed by atoms with Crippen LogP contribution in [0.15, 0.2) is 0 Å². The molecule has 3 aliphatic carbocycles. The van der Waals surface area contributed by atoms with Crippen molar-refractivity contribution >= 4 is 12.6 Å². The first kappa shape index (κ1) is 25.0. The van der Waals surface area contributed by atoms with Gasteiger partial charge in [-0.05, 0) is 85.4 Å². The Morgan fingerprint density at radius 3 is 1.97 bits per heavy atom. The van der Waals surface area contributed by atoms with Crippen molar-refractivity contribution in [1.82, 2.24) is 0 Å². The van der Waals surface area contributed by atoms with Crippen LogP contribution in [0.3, 0.4) is 0 Å². The Labute approximate surface area is 202 Å². The number of rotatable bonds is 6. The number of phenolic OH excluding ortho intramolecular Hbond substituents is 3. The molecule has 34 heavy (non-hydrogen) atoms. The second kappa shape index (κ2) is 7.97. The standard InChI is InChI=1S/C28H40O6/c1-14(2)11-15(20-23(32)16(12-29)22(31)17(13-30)24(20)33)18-8-10-28(6,34)25-21-19(26(21,3)4)7-9-27(18,25)5/h12-15,18-19,21,25,31-34H,7-11H2,1-6H3/t15-,18+,19+,21+,25-,27+,28-/m1/s1. The van der Waals surface area contributed by atoms with E-state index in [0.717, 1.165) is 12.8 Å². The lowest BCUT2D eigenvalue weighted by Crippen LogP contribution is -2.56. The van der Waals surface area contributed by atoms with Gasteiger partial charge in [-0.15, -0.1) is 0 Å². The summed E-state index contributed by atoms with van der Waals surface area (Å²) in [4.78, 5) is 23.5. The number of aliphatic hydroxyl groups is 1. The molecule has 6 nitrogen and oxygen atoms in total. The molecule has 6 heteroatoms. The molecular weight excluding hydrogens is 432 g/mol. The Kier molecular flexibility index (Phi) is 5.87. The zero-order valence-corrected chi connectivity index (χ0v) is 21.3. The number of phenols is 3. The number of carbonyl (C=O) groups is 2. The van der Waals surface area contributed by atoms with Crippen LogP contribution in [0.2, 0.25) is 0 Å². The third-order valence-corrected chi connectivity index (χ3v) is 10.0. The molecule has 3 fully saturated rings. The summed E-state index contributed by atoms with van der Waals surface area (Å²) < 4.78 is 0. The largest absolute Gasteiger partial charge is 0.507 e. The predicted octanol–water partition coefficient (Wildman–Crippen LogP) is 5.41. The average molecular weight is 473 g/mol. The van der Waals surface area contributed by atoms with E-state index in [1.54, 1.807) is 0 Å². The third kappa shape index (κ3) is 3.39. The Balaban J connectivity index is 1.90. The number of carbonyl (C=O) groups excluding carboxylic acids is 2. The summed E-state index contributed by atoms with van der Waals surface area (Å²) in [5.74, 6) is -0.575. The van der Waals surface area contributed by atoms with E-state index < -0.39 is 22.8 Å². The van der Waals surface area contributed by atoms with Crippen molar-refractivity contribution < 1.29 is 30.0 Å². The minimum Gasteiger partial charge on any atom is -0.507 e. The Hall–Kier alpha value is -2.08. The van der Waals surface area contributed by atoms with E-state index in [4.69, 9.17) is 0 Å². The molecule has 0 unspecified atom stereocenters. The van der Waals surface area contributed by atoms with Gasteiger partial charge in [-0.3, -0.25) is 9.59 Å². The highest BCUT2D eigenvalue weighted by molar-refractivity contribution is 5.95. The number of benzene rings is 1. The summed E-state index contributed by atoms with van der Waals surface area (Å²) in [6.07, 6.45) is 4.66. The average Bonchev–Trinajstić information content (AvgIpc) is 3.27. The number of aldehydes is 2. The van der Waals surface area contributed by atoms with Crippen LogP contribution >= 0.6 is 0 Å². The lowest BCUT2D eigenvalue weighted by atomic mass is 9.47. The molecule has 0 spiro atoms. The molecule has 0 aromatic heterocycles. The minimum atomic E-state index is -0.800. The second-order valence-corrected chi connectivity index (χ2v) is 12.7. The van der Waals surface area contributed by atoms with Gasteiger partial charge in [-0.1, -0.05) is 34.6 Å². The molecule has 0 amide bonds. The van der Waals surface area contributed by atoms with Crippen LogP contribution in [-0.2, 0) is 0 Å². The van der Waals surface area contributed by atoms with Crippen LogP contribution in [0.25, 0.3) is 0 Å². The normalized spacial score (nSPS) is 36.9. The molecule has 0 heterocycles. The fraction of sp³-hybridized carbons (Fsp3) is 0.714. The molecule has 4 N–H and O–H groups in total. The summed E-state index contributed by atoms with van der Waals surface area (Å²) in [7, 11) is 0. The van der Waals surface area contributed by atoms with Gasteiger partial charge in [0.15, 0.2) is 12.6 Å². The molecule has 3 aliphatic rings. The SMILES string of the molecule is CC(C)C[C@@H](c1c(O)c(C=O)c(O)c(C=O)c1O)[C@@H]1CC[C@@](C)(O)[C@@H]2[C@@H]3[C@H](CC[C@]21C)C3(C)C. The molecule has 4 rings (SSSR count). The van der Waals surface area contributed by atoms with Crippen molar-refractivity contribution in [2.75, 3.05) is 0 Å². The quantitative estimate of drug-likeness (QED) is 0.412. The van der Waals surface area contributed by atoms with Gasteiger partial charge in [0.1, 0.15) is 17.2 Å². The van der Waals surface area contributed by atoms with Gasteiger partial charge in [-0.2, -0.15) is 0 Å². The van der Waals surface area contributed by atoms with E-state index in [2.05, 4.69) is 34.6 Å². The number of hydrogen-bond acceptors (Lipinski definition) is 6. The summed E-state index contributed by atoms with van der Waals surface area (Å²) in [6.45, 7) is 13.0. The van der Waals surface area contributed by atoms with E-state index >= 15 is 0 Å². The lowest BCUT2D eigenvalue weighted by molar-refractivity contribution is -0.155. The van der Waals surface area contributed by atoms with E-state index in [0.29, 0.717) is 43.7 Å². The van der Waals surface area contributed by atoms with Crippen molar-refractivity contribution in [3.8, 4) is 17.2 Å². The summed E-state index contributed by atoms with van der Waals surface area (Å²) in [6, 6.07) is 0. The third-order valence-electron chi connectivity index (χ3n) is 10.0. The summed E-state index contributed by atoms with van der Waals surface area (Å²) in [5, 5.41) is 44.1. The molecule has 0 radical (unpaired) electrons. The lowest BCUT2D eigenvalue weighted by Gasteiger charge is -2.59. The van der Waals surface area contributed by atoms with E-state index in [9.17, 15) is 30.0 Å². The maximum Gasteiger partial charge on any atom is 0.157 e. The Morgan fingerprint density at radius 1 is 0.912 bits per heavy atom. The van der Waals surface area contributed by atoms with Crippen molar-refractivity contribution in [3.05, 3.63) is 16.7 Å². The molecule has 0 saturated heterocycles. The topological polar surface area (TPSA) is 115 Å². The smallest absolute Gasteiger partial charge is 0.157 e. The number of hydrogen-bond donors (Lipinski definition) is 4. The predicted molar refractivity (Wildman–Crippen MR) is 129 cm³/mol. The van der Waals surface area contributed by atoms with Gasteiger partial charge in [0.05, 0.1) is 16.7 Å². The Morgan fingerprint density at radius 2 is 1.47 bits per heavy atom. The van der Waals surface area contributed by atoms with Gasteiger partial charge < -0.3 is 20.4 Å². The minimum absolute atomic E-state index is 0.0258. The van der Waals surface area contributed by atoms with E-state index in [1.807, 2.05) is 6.92 Å². The highest BCUT2D eigenvalue weighted by Gasteiger charge is 2.72. The monoisotopic (exact) mass is 472 g/mol. The number of aromatic hydroxyl groups is 3. The first-order chi connectivity index (χ1) is 15.7. The van der Waals surface area contributed by atoms with Crippen molar-refractivity contribution in [2.24, 2.45) is 40.4 Å². The molecule has 3 saturated carbocycles. The van der Waals surface area contributed by atoms with Gasteiger partial charge in [-0.25, -0.2) is 0 Å². The van der Waals surface area contributed by atoms with Gasteiger partial charge in [0.25, 0.3) is 0 Å². The Bertz CT molecular complexity index is 974. The second-order valence-electron chi connectivity index (χ2n) is 12.7. The molecular formula is C28H40O6. The van der Waals surface area contributed by atoms with Crippen LogP contribution in [-0.4, -0.2) is 38.6 Å². The van der Waals surface area contributed by atoms with Crippen LogP contribution in [0.5, 0.6) is 17.2 Å². The maximum absolute atomic E-state index is 11.7. The molecule has 0 aliphatic heterocycles. The first-order valence-corrected chi connectivity index (χ1v) is 12.7. The highest BCUT2D eigenvalue weighted by Crippen LogP contribution is 2.76. The highest BCUT2D eigenvalue weighted by atomic mass is 16.3. The van der Waals surface area contributed by atoms with Crippen LogP contribution in [0, 0.1) is 40.4 Å². The van der Waals surface area contributed by atoms with Crippen molar-refractivity contribution in [3.63, 3.8) is 0 Å². The fourth-order valence-electron chi connectivity index (χ4n) is 8.48. The van der Waals surface area contributed by atoms with E-state index in [1.165, 1.54) is 0 Å². The first-order valence-electron chi connectivity index (χ1n) is 12.7. The van der Waals surface area contributed by atoms with Gasteiger partial charge in [0, 0.05) is 5.56 Å².